The molecule has 0 bridgehead atoms. The minimum atomic E-state index is 0.394. The predicted octanol–water partition coefficient (Wildman–Crippen LogP) is 6.20. The van der Waals surface area contributed by atoms with E-state index in [0.29, 0.717) is 5.92 Å². The van der Waals surface area contributed by atoms with E-state index in [1.54, 1.807) is 0 Å². The second-order valence-corrected chi connectivity index (χ2v) is 7.64. The number of fused-ring (bicyclic) bond motifs is 1. The molecule has 0 aromatic carbocycles. The van der Waals surface area contributed by atoms with Gasteiger partial charge in [-0.2, -0.15) is 5.10 Å². The van der Waals surface area contributed by atoms with Crippen molar-refractivity contribution in [1.82, 2.24) is 14.5 Å². The zero-order valence-corrected chi connectivity index (χ0v) is 17.3. The third-order valence-electron chi connectivity index (χ3n) is 5.14. The molecule has 0 fully saturated rings. The number of unbranched alkanes of at least 4 members (excludes halogenated alkanes) is 1. The second kappa shape index (κ2) is 9.07. The molecule has 0 saturated heterocycles. The second-order valence-electron chi connectivity index (χ2n) is 7.64. The molecule has 1 aliphatic carbocycles. The highest BCUT2D eigenvalue weighted by atomic mass is 15.2. The van der Waals surface area contributed by atoms with Crippen molar-refractivity contribution in [3.8, 4) is 0 Å². The first-order valence-corrected chi connectivity index (χ1v) is 10.5. The van der Waals surface area contributed by atoms with Crippen LogP contribution in [0.2, 0.25) is 0 Å². The molecule has 27 heavy (non-hydrogen) atoms. The zero-order chi connectivity index (χ0) is 19.2. The van der Waals surface area contributed by atoms with Gasteiger partial charge in [0.1, 0.15) is 0 Å². The van der Waals surface area contributed by atoms with Crippen LogP contribution in [0.25, 0.3) is 11.1 Å². The first-order valence-electron chi connectivity index (χ1n) is 10.5. The standard InChI is InChI=1S/C24H33N3/c1-5-7-17-26(16-6-2)21-12-10-11-20(14-15-21)23-22-13-8-9-18-27(22)25-24(23)19(3)4/h8-9,11-15,18-19H,5-7,10,16-17H2,1-4H3. The normalized spacial score (nSPS) is 14.4. The van der Waals surface area contributed by atoms with Crippen LogP contribution in [0.5, 0.6) is 0 Å². The summed E-state index contributed by atoms with van der Waals surface area (Å²) in [5.74, 6) is 0.394. The molecule has 3 heteroatoms. The molecule has 0 atom stereocenters. The van der Waals surface area contributed by atoms with E-state index in [-0.39, 0.29) is 0 Å². The maximum atomic E-state index is 4.86. The number of rotatable bonds is 8. The van der Waals surface area contributed by atoms with Crippen molar-refractivity contribution in [2.45, 2.75) is 59.3 Å². The van der Waals surface area contributed by atoms with E-state index in [1.165, 1.54) is 47.3 Å². The van der Waals surface area contributed by atoms with Crippen LogP contribution in [-0.4, -0.2) is 27.6 Å². The Hall–Kier alpha value is -2.29. The van der Waals surface area contributed by atoms with Crippen LogP contribution in [0.4, 0.5) is 0 Å². The number of aromatic nitrogens is 2. The third-order valence-corrected chi connectivity index (χ3v) is 5.14. The summed E-state index contributed by atoms with van der Waals surface area (Å²) in [5.41, 5.74) is 6.30. The molecular weight excluding hydrogens is 330 g/mol. The highest BCUT2D eigenvalue weighted by Crippen LogP contribution is 2.32. The van der Waals surface area contributed by atoms with Crippen molar-refractivity contribution < 1.29 is 0 Å². The summed E-state index contributed by atoms with van der Waals surface area (Å²) < 4.78 is 2.02. The van der Waals surface area contributed by atoms with Crippen molar-refractivity contribution in [2.75, 3.05) is 13.1 Å². The quantitative estimate of drug-likeness (QED) is 0.557. The molecule has 2 aromatic heterocycles. The van der Waals surface area contributed by atoms with Gasteiger partial charge in [-0.3, -0.25) is 0 Å². The fraction of sp³-hybridized carbons (Fsp3) is 0.458. The number of hydrogen-bond acceptors (Lipinski definition) is 2. The van der Waals surface area contributed by atoms with Crippen molar-refractivity contribution in [3.05, 3.63) is 65.7 Å². The number of nitrogens with zero attached hydrogens (tertiary/aromatic N) is 3. The molecule has 2 aromatic rings. The Balaban J connectivity index is 1.93. The molecule has 0 N–H and O–H groups in total. The summed E-state index contributed by atoms with van der Waals surface area (Å²) >= 11 is 0. The molecule has 0 radical (unpaired) electrons. The van der Waals surface area contributed by atoms with Gasteiger partial charge in [-0.15, -0.1) is 0 Å². The molecule has 3 rings (SSSR count). The van der Waals surface area contributed by atoms with Crippen LogP contribution in [0.1, 0.15) is 70.6 Å². The smallest absolute Gasteiger partial charge is 0.0743 e. The van der Waals surface area contributed by atoms with E-state index < -0.39 is 0 Å². The molecule has 0 aliphatic heterocycles. The first kappa shape index (κ1) is 19.5. The Kier molecular flexibility index (Phi) is 6.54. The highest BCUT2D eigenvalue weighted by molar-refractivity contribution is 5.86. The van der Waals surface area contributed by atoms with Gasteiger partial charge in [-0.25, -0.2) is 4.52 Å². The Morgan fingerprint density at radius 3 is 2.67 bits per heavy atom. The first-order chi connectivity index (χ1) is 13.2. The van der Waals surface area contributed by atoms with Gasteiger partial charge in [0.25, 0.3) is 0 Å². The van der Waals surface area contributed by atoms with Crippen LogP contribution in [-0.2, 0) is 0 Å². The minimum Gasteiger partial charge on any atom is -0.372 e. The zero-order valence-electron chi connectivity index (χ0n) is 17.3. The maximum absolute atomic E-state index is 4.86. The maximum Gasteiger partial charge on any atom is 0.0743 e. The van der Waals surface area contributed by atoms with Gasteiger partial charge in [-0.05, 0) is 49.0 Å². The van der Waals surface area contributed by atoms with Gasteiger partial charge in [0.05, 0.1) is 11.2 Å². The van der Waals surface area contributed by atoms with E-state index in [9.17, 15) is 0 Å². The number of pyridine rings is 1. The average molecular weight is 364 g/mol. The van der Waals surface area contributed by atoms with Gasteiger partial charge in [-0.1, -0.05) is 58.4 Å². The Morgan fingerprint density at radius 2 is 1.93 bits per heavy atom. The molecule has 2 heterocycles. The van der Waals surface area contributed by atoms with Gasteiger partial charge >= 0.3 is 0 Å². The summed E-state index contributed by atoms with van der Waals surface area (Å²) in [6.45, 7) is 11.2. The fourth-order valence-corrected chi connectivity index (χ4v) is 3.74. The van der Waals surface area contributed by atoms with Gasteiger partial charge in [0.15, 0.2) is 0 Å². The SMILES string of the molecule is CCCCN(CCC)C1=CCC=C(c2c(C(C)C)nn3ccccc23)C=C1. The van der Waals surface area contributed by atoms with Crippen LogP contribution < -0.4 is 0 Å². The number of allylic oxidation sites excluding steroid dienone is 5. The topological polar surface area (TPSA) is 20.5 Å². The molecular formula is C24H33N3. The molecule has 0 saturated carbocycles. The Labute approximate surface area is 164 Å². The van der Waals surface area contributed by atoms with E-state index in [1.807, 2.05) is 16.8 Å². The number of hydrogen-bond donors (Lipinski definition) is 0. The predicted molar refractivity (Wildman–Crippen MR) is 116 cm³/mol. The summed E-state index contributed by atoms with van der Waals surface area (Å²) in [5, 5.41) is 4.86. The lowest BCUT2D eigenvalue weighted by molar-refractivity contribution is 0.346. The average Bonchev–Trinajstić information content (AvgIpc) is 2.90. The van der Waals surface area contributed by atoms with E-state index in [4.69, 9.17) is 5.10 Å². The Bertz CT molecular complexity index is 852. The van der Waals surface area contributed by atoms with E-state index >= 15 is 0 Å². The highest BCUT2D eigenvalue weighted by Gasteiger charge is 2.18. The van der Waals surface area contributed by atoms with Crippen molar-refractivity contribution in [1.29, 1.82) is 0 Å². The van der Waals surface area contributed by atoms with Crippen LogP contribution in [0, 0.1) is 0 Å². The van der Waals surface area contributed by atoms with E-state index in [0.717, 1.165) is 19.5 Å². The van der Waals surface area contributed by atoms with Crippen molar-refractivity contribution >= 4 is 11.1 Å². The van der Waals surface area contributed by atoms with E-state index in [2.05, 4.69) is 69.0 Å². The summed E-state index contributed by atoms with van der Waals surface area (Å²) in [7, 11) is 0. The largest absolute Gasteiger partial charge is 0.372 e. The molecule has 1 aliphatic rings. The van der Waals surface area contributed by atoms with Crippen molar-refractivity contribution in [2.24, 2.45) is 0 Å². The molecule has 144 valence electrons. The lowest BCUT2D eigenvalue weighted by Gasteiger charge is -2.25. The monoisotopic (exact) mass is 363 g/mol. The third kappa shape index (κ3) is 4.35. The molecule has 3 nitrogen and oxygen atoms in total. The van der Waals surface area contributed by atoms with Crippen LogP contribution in [0.15, 0.2) is 54.4 Å². The lowest BCUT2D eigenvalue weighted by atomic mass is 9.97. The summed E-state index contributed by atoms with van der Waals surface area (Å²) in [6, 6.07) is 6.32. The van der Waals surface area contributed by atoms with Gasteiger partial charge < -0.3 is 4.90 Å². The fourth-order valence-electron chi connectivity index (χ4n) is 3.74. The van der Waals surface area contributed by atoms with Crippen LogP contribution >= 0.6 is 0 Å². The van der Waals surface area contributed by atoms with Crippen LogP contribution in [0.3, 0.4) is 0 Å². The lowest BCUT2D eigenvalue weighted by Crippen LogP contribution is -2.24. The molecule has 0 spiro atoms. The molecule has 0 amide bonds. The minimum absolute atomic E-state index is 0.394. The van der Waals surface area contributed by atoms with Gasteiger partial charge in [0, 0.05) is 30.5 Å². The molecule has 0 unspecified atom stereocenters. The summed E-state index contributed by atoms with van der Waals surface area (Å²) in [6.07, 6.45) is 16.0. The van der Waals surface area contributed by atoms with Crippen molar-refractivity contribution in [3.63, 3.8) is 0 Å². The summed E-state index contributed by atoms with van der Waals surface area (Å²) in [4.78, 5) is 2.54. The van der Waals surface area contributed by atoms with Gasteiger partial charge in [0.2, 0.25) is 0 Å². The Morgan fingerprint density at radius 1 is 1.07 bits per heavy atom.